The minimum absolute atomic E-state index is 0.0989. The van der Waals surface area contributed by atoms with Crippen LogP contribution in [0.3, 0.4) is 0 Å². The molecule has 0 bridgehead atoms. The van der Waals surface area contributed by atoms with E-state index in [1.54, 1.807) is 0 Å². The zero-order chi connectivity index (χ0) is 28.6. The highest BCUT2D eigenvalue weighted by Gasteiger charge is 2.32. The van der Waals surface area contributed by atoms with Crippen LogP contribution in [0.25, 0.3) is 16.8 Å². The summed E-state index contributed by atoms with van der Waals surface area (Å²) in [5.74, 6) is 0.388. The third-order valence-electron chi connectivity index (χ3n) is 7.94. The first-order valence-electron chi connectivity index (χ1n) is 14.5. The Labute approximate surface area is 249 Å². The molecule has 1 aliphatic rings. The third kappa shape index (κ3) is 7.01. The molecule has 4 nitrogen and oxygen atoms in total. The quantitative estimate of drug-likeness (QED) is 0.203. The molecule has 1 amide bonds. The van der Waals surface area contributed by atoms with E-state index in [1.165, 1.54) is 5.69 Å². The van der Waals surface area contributed by atoms with Gasteiger partial charge in [0.1, 0.15) is 0 Å². The molecule has 5 rings (SSSR count). The van der Waals surface area contributed by atoms with Crippen LogP contribution in [0.5, 0.6) is 0 Å². The van der Waals surface area contributed by atoms with Crippen LogP contribution < -0.4 is 15.5 Å². The largest absolute Gasteiger partial charge is 0.372 e. The zero-order valence-electron chi connectivity index (χ0n) is 23.7. The number of carbonyl (C=O) groups excluding carboxylic acids is 1. The molecule has 4 aromatic rings. The lowest BCUT2D eigenvalue weighted by atomic mass is 9.79. The van der Waals surface area contributed by atoms with E-state index >= 15 is 0 Å². The number of halogens is 1. The molecule has 210 valence electrons. The van der Waals surface area contributed by atoms with E-state index < -0.39 is 0 Å². The summed E-state index contributed by atoms with van der Waals surface area (Å²) < 4.78 is 0. The van der Waals surface area contributed by atoms with E-state index in [2.05, 4.69) is 77.6 Å². The van der Waals surface area contributed by atoms with Gasteiger partial charge in [-0.1, -0.05) is 91.8 Å². The summed E-state index contributed by atoms with van der Waals surface area (Å²) in [7, 11) is 0. The Morgan fingerprint density at radius 2 is 1.56 bits per heavy atom. The van der Waals surface area contributed by atoms with E-state index in [9.17, 15) is 4.79 Å². The molecule has 4 aromatic carbocycles. The summed E-state index contributed by atoms with van der Waals surface area (Å²) in [5.41, 5.74) is 7.42. The van der Waals surface area contributed by atoms with Crippen LogP contribution in [0.4, 0.5) is 11.4 Å². The number of piperidine rings is 1. The second kappa shape index (κ2) is 13.6. The number of amides is 1. The maximum Gasteiger partial charge on any atom is 0.227 e. The van der Waals surface area contributed by atoms with Crippen molar-refractivity contribution in [3.63, 3.8) is 0 Å². The van der Waals surface area contributed by atoms with Crippen LogP contribution in [-0.2, 0) is 4.79 Å². The Bertz CT molecular complexity index is 1440. The summed E-state index contributed by atoms with van der Waals surface area (Å²) in [4.78, 5) is 15.6. The van der Waals surface area contributed by atoms with Crippen LogP contribution in [0.2, 0.25) is 5.02 Å². The first kappa shape index (κ1) is 28.5. The molecular formula is C36H38ClN3O. The van der Waals surface area contributed by atoms with Crippen LogP contribution in [0.1, 0.15) is 43.2 Å². The summed E-state index contributed by atoms with van der Waals surface area (Å²) >= 11 is 6.10. The van der Waals surface area contributed by atoms with E-state index in [-0.39, 0.29) is 11.8 Å². The second-order valence-electron chi connectivity index (χ2n) is 10.7. The summed E-state index contributed by atoms with van der Waals surface area (Å²) in [6.07, 6.45) is 2.91. The van der Waals surface area contributed by atoms with Crippen molar-refractivity contribution in [1.82, 2.24) is 5.32 Å². The Morgan fingerprint density at radius 3 is 2.24 bits per heavy atom. The van der Waals surface area contributed by atoms with Gasteiger partial charge < -0.3 is 15.5 Å². The summed E-state index contributed by atoms with van der Waals surface area (Å²) in [6.45, 7) is 9.02. The molecular weight excluding hydrogens is 526 g/mol. The Hall–Kier alpha value is -4.02. The van der Waals surface area contributed by atoms with Gasteiger partial charge in [0.2, 0.25) is 5.91 Å². The maximum absolute atomic E-state index is 13.2. The molecule has 0 spiro atoms. The molecule has 5 heteroatoms. The average molecular weight is 564 g/mol. The van der Waals surface area contributed by atoms with Gasteiger partial charge in [0.25, 0.3) is 0 Å². The van der Waals surface area contributed by atoms with Crippen molar-refractivity contribution in [1.29, 1.82) is 0 Å². The fraction of sp³-hybridized carbons (Fsp3) is 0.250. The van der Waals surface area contributed by atoms with Crippen molar-refractivity contribution in [3.05, 3.63) is 126 Å². The topological polar surface area (TPSA) is 44.4 Å². The monoisotopic (exact) mass is 563 g/mol. The molecule has 0 saturated carbocycles. The van der Waals surface area contributed by atoms with Crippen molar-refractivity contribution in [2.45, 2.75) is 32.1 Å². The molecule has 1 atom stereocenters. The highest BCUT2D eigenvalue weighted by atomic mass is 35.5. The molecule has 1 aliphatic heterocycles. The lowest BCUT2D eigenvalue weighted by Crippen LogP contribution is -2.40. The first-order valence-corrected chi connectivity index (χ1v) is 14.9. The number of benzene rings is 4. The standard InChI is InChI=1S/C36H38ClN3O/c1-3-23-38-36(41)35(28-9-5-4-6-10-28)29-21-24-40(25-22-29)32-19-17-31(18-20-32)39-26(2)33-11-7-8-12-34(33)27-13-15-30(37)16-14-27/h4-20,29,35,39H,2-3,21-25H2,1H3,(H,38,41). The second-order valence-corrected chi connectivity index (χ2v) is 11.1. The van der Waals surface area contributed by atoms with E-state index in [4.69, 9.17) is 11.6 Å². The van der Waals surface area contributed by atoms with Gasteiger partial charge in [-0.25, -0.2) is 0 Å². The number of nitrogens with one attached hydrogen (secondary N) is 2. The molecule has 2 N–H and O–H groups in total. The van der Waals surface area contributed by atoms with Crippen LogP contribution >= 0.6 is 11.6 Å². The van der Waals surface area contributed by atoms with Crippen molar-refractivity contribution in [2.24, 2.45) is 5.92 Å². The van der Waals surface area contributed by atoms with E-state index in [0.717, 1.165) is 77.6 Å². The Morgan fingerprint density at radius 1 is 0.902 bits per heavy atom. The number of hydrogen-bond acceptors (Lipinski definition) is 3. The van der Waals surface area contributed by atoms with Gasteiger partial charge in [0.05, 0.1) is 5.92 Å². The molecule has 41 heavy (non-hydrogen) atoms. The highest BCUT2D eigenvalue weighted by Crippen LogP contribution is 2.35. The predicted molar refractivity (Wildman–Crippen MR) is 173 cm³/mol. The molecule has 0 aliphatic carbocycles. The Kier molecular flexibility index (Phi) is 9.43. The maximum atomic E-state index is 13.2. The van der Waals surface area contributed by atoms with Gasteiger partial charge in [-0.2, -0.15) is 0 Å². The lowest BCUT2D eigenvalue weighted by molar-refractivity contribution is -0.124. The number of hydrogen-bond donors (Lipinski definition) is 2. The number of anilines is 2. The summed E-state index contributed by atoms with van der Waals surface area (Å²) in [5, 5.41) is 7.37. The zero-order valence-corrected chi connectivity index (χ0v) is 24.4. The van der Waals surface area contributed by atoms with Crippen molar-refractivity contribution >= 4 is 34.6 Å². The van der Waals surface area contributed by atoms with Crippen molar-refractivity contribution < 1.29 is 4.79 Å². The molecule has 1 heterocycles. The first-order chi connectivity index (χ1) is 20.0. The third-order valence-corrected chi connectivity index (χ3v) is 8.19. The lowest BCUT2D eigenvalue weighted by Gasteiger charge is -2.37. The fourth-order valence-corrected chi connectivity index (χ4v) is 5.90. The number of rotatable bonds is 10. The number of carbonyl (C=O) groups is 1. The minimum Gasteiger partial charge on any atom is -0.372 e. The smallest absolute Gasteiger partial charge is 0.227 e. The molecule has 0 radical (unpaired) electrons. The predicted octanol–water partition coefficient (Wildman–Crippen LogP) is 8.62. The van der Waals surface area contributed by atoms with Crippen LogP contribution in [-0.4, -0.2) is 25.5 Å². The molecule has 1 fully saturated rings. The SMILES string of the molecule is C=C(Nc1ccc(N2CCC(C(C(=O)NCCC)c3ccccc3)CC2)cc1)c1ccccc1-c1ccc(Cl)cc1. The average Bonchev–Trinajstić information content (AvgIpc) is 3.02. The highest BCUT2D eigenvalue weighted by molar-refractivity contribution is 6.30. The normalized spacial score (nSPS) is 14.3. The van der Waals surface area contributed by atoms with Gasteiger partial charge in [-0.15, -0.1) is 0 Å². The minimum atomic E-state index is -0.0989. The van der Waals surface area contributed by atoms with Crippen LogP contribution in [0, 0.1) is 5.92 Å². The number of nitrogens with zero attached hydrogens (tertiary/aromatic N) is 1. The van der Waals surface area contributed by atoms with Gasteiger partial charge in [-0.3, -0.25) is 4.79 Å². The van der Waals surface area contributed by atoms with Gasteiger partial charge in [0.15, 0.2) is 0 Å². The van der Waals surface area contributed by atoms with Crippen molar-refractivity contribution in [2.75, 3.05) is 29.9 Å². The Balaban J connectivity index is 1.22. The van der Waals surface area contributed by atoms with Gasteiger partial charge in [-0.05, 0) is 78.3 Å². The van der Waals surface area contributed by atoms with Gasteiger partial charge >= 0.3 is 0 Å². The molecule has 1 saturated heterocycles. The fourth-order valence-electron chi connectivity index (χ4n) is 5.77. The summed E-state index contributed by atoms with van der Waals surface area (Å²) in [6, 6.07) is 35.0. The molecule has 1 unspecified atom stereocenters. The van der Waals surface area contributed by atoms with E-state index in [1.807, 2.05) is 54.6 Å². The molecule has 0 aromatic heterocycles. The van der Waals surface area contributed by atoms with Crippen molar-refractivity contribution in [3.8, 4) is 11.1 Å². The van der Waals surface area contributed by atoms with Crippen LogP contribution in [0.15, 0.2) is 110 Å². The van der Waals surface area contributed by atoms with Gasteiger partial charge in [0, 0.05) is 47.3 Å². The van der Waals surface area contributed by atoms with E-state index in [0.29, 0.717) is 5.92 Å².